The summed E-state index contributed by atoms with van der Waals surface area (Å²) in [5.41, 5.74) is 0. The third kappa shape index (κ3) is 2.83. The molecule has 1 saturated carbocycles. The molecule has 3 atom stereocenters. The summed E-state index contributed by atoms with van der Waals surface area (Å²) in [6.07, 6.45) is 3.96. The van der Waals surface area contributed by atoms with E-state index in [1.807, 2.05) is 0 Å². The van der Waals surface area contributed by atoms with Crippen molar-refractivity contribution >= 4 is 5.91 Å². The van der Waals surface area contributed by atoms with Crippen molar-refractivity contribution in [3.05, 3.63) is 12.7 Å². The van der Waals surface area contributed by atoms with E-state index in [0.717, 1.165) is 25.3 Å². The Balaban J connectivity index is 2.78. The Kier molecular flexibility index (Phi) is 4.51. The second-order valence-electron chi connectivity index (χ2n) is 5.25. The summed E-state index contributed by atoms with van der Waals surface area (Å²) in [5, 5.41) is 0.396. The third-order valence-electron chi connectivity index (χ3n) is 3.66. The zero-order chi connectivity index (χ0) is 12.3. The van der Waals surface area contributed by atoms with Crippen LogP contribution >= 0.6 is 0 Å². The van der Waals surface area contributed by atoms with E-state index < -0.39 is 5.91 Å². The van der Waals surface area contributed by atoms with Gasteiger partial charge in [-0.05, 0) is 36.7 Å². The SMILES string of the molecule is C=CC(=O)N(F)C1CC(C)CCC1C(C)C. The molecule has 0 spiro atoms. The molecule has 0 aromatic carbocycles. The number of carbonyl (C=O) groups excluding carboxylic acids is 1. The molecule has 1 amide bonds. The molecule has 0 saturated heterocycles. The number of hydrogen-bond acceptors (Lipinski definition) is 1. The van der Waals surface area contributed by atoms with Crippen LogP contribution in [0, 0.1) is 17.8 Å². The molecule has 3 heteroatoms. The van der Waals surface area contributed by atoms with Crippen LogP contribution in [0.4, 0.5) is 4.48 Å². The summed E-state index contributed by atoms with van der Waals surface area (Å²) in [4.78, 5) is 11.3. The van der Waals surface area contributed by atoms with Gasteiger partial charge in [-0.15, -0.1) is 0 Å². The van der Waals surface area contributed by atoms with Crippen molar-refractivity contribution < 1.29 is 9.28 Å². The number of halogens is 1. The van der Waals surface area contributed by atoms with E-state index in [0.29, 0.717) is 17.0 Å². The van der Waals surface area contributed by atoms with Gasteiger partial charge >= 0.3 is 0 Å². The van der Waals surface area contributed by atoms with Gasteiger partial charge in [-0.3, -0.25) is 4.79 Å². The molecule has 1 rings (SSSR count). The number of amides is 1. The monoisotopic (exact) mass is 227 g/mol. The highest BCUT2D eigenvalue weighted by atomic mass is 19.2. The van der Waals surface area contributed by atoms with Crippen LogP contribution in [0.5, 0.6) is 0 Å². The van der Waals surface area contributed by atoms with Crippen LogP contribution < -0.4 is 0 Å². The van der Waals surface area contributed by atoms with Gasteiger partial charge in [0.25, 0.3) is 5.91 Å². The van der Waals surface area contributed by atoms with Gasteiger partial charge in [0, 0.05) is 0 Å². The van der Waals surface area contributed by atoms with Crippen LogP contribution in [0.2, 0.25) is 0 Å². The minimum absolute atomic E-state index is 0.269. The van der Waals surface area contributed by atoms with Crippen molar-refractivity contribution in [3.63, 3.8) is 0 Å². The van der Waals surface area contributed by atoms with E-state index in [1.54, 1.807) is 0 Å². The van der Waals surface area contributed by atoms with Gasteiger partial charge in [0.1, 0.15) is 0 Å². The fraction of sp³-hybridized carbons (Fsp3) is 0.769. The Labute approximate surface area is 97.4 Å². The molecule has 1 fully saturated rings. The molecule has 92 valence electrons. The van der Waals surface area contributed by atoms with Crippen molar-refractivity contribution in [2.75, 3.05) is 0 Å². The quantitative estimate of drug-likeness (QED) is 0.535. The van der Waals surface area contributed by atoms with Gasteiger partial charge in [0.15, 0.2) is 0 Å². The predicted octanol–water partition coefficient (Wildman–Crippen LogP) is 3.35. The molecule has 0 radical (unpaired) electrons. The van der Waals surface area contributed by atoms with Crippen molar-refractivity contribution in [1.29, 1.82) is 0 Å². The number of hydrogen-bond donors (Lipinski definition) is 0. The third-order valence-corrected chi connectivity index (χ3v) is 3.66. The van der Waals surface area contributed by atoms with Crippen LogP contribution in [0.15, 0.2) is 12.7 Å². The number of carbonyl (C=O) groups is 1. The Hall–Kier alpha value is -0.860. The smallest absolute Gasteiger partial charge is 0.267 e. The van der Waals surface area contributed by atoms with E-state index in [1.165, 1.54) is 0 Å². The average molecular weight is 227 g/mol. The van der Waals surface area contributed by atoms with E-state index in [9.17, 15) is 9.28 Å². The van der Waals surface area contributed by atoms with Crippen molar-refractivity contribution in [2.24, 2.45) is 17.8 Å². The Bertz CT molecular complexity index is 265. The maximum absolute atomic E-state index is 13.9. The lowest BCUT2D eigenvalue weighted by molar-refractivity contribution is -0.153. The Morgan fingerprint density at radius 3 is 2.62 bits per heavy atom. The van der Waals surface area contributed by atoms with E-state index in [4.69, 9.17) is 0 Å². The average Bonchev–Trinajstić information content (AvgIpc) is 2.26. The minimum atomic E-state index is -0.607. The maximum atomic E-state index is 13.9. The van der Waals surface area contributed by atoms with Crippen LogP contribution in [-0.4, -0.2) is 17.1 Å². The molecule has 0 aliphatic heterocycles. The molecule has 1 aliphatic carbocycles. The fourth-order valence-corrected chi connectivity index (χ4v) is 2.66. The first-order valence-electron chi connectivity index (χ1n) is 6.08. The molecule has 2 nitrogen and oxygen atoms in total. The molecular formula is C13H22FNO. The van der Waals surface area contributed by atoms with Gasteiger partial charge in [0.05, 0.1) is 6.04 Å². The largest absolute Gasteiger partial charge is 0.273 e. The highest BCUT2D eigenvalue weighted by Gasteiger charge is 2.36. The van der Waals surface area contributed by atoms with Crippen LogP contribution in [0.3, 0.4) is 0 Å². The standard InChI is InChI=1S/C13H22FNO/c1-5-13(16)15(14)12-8-10(4)6-7-11(12)9(2)3/h5,9-12H,1,6-8H2,2-4H3. The Morgan fingerprint density at radius 2 is 2.12 bits per heavy atom. The number of nitrogens with zero attached hydrogens (tertiary/aromatic N) is 1. The first-order valence-corrected chi connectivity index (χ1v) is 6.08. The first kappa shape index (κ1) is 13.2. The second-order valence-corrected chi connectivity index (χ2v) is 5.25. The lowest BCUT2D eigenvalue weighted by Crippen LogP contribution is -2.44. The predicted molar refractivity (Wildman–Crippen MR) is 63.3 cm³/mol. The molecule has 0 aromatic rings. The molecule has 0 bridgehead atoms. The van der Waals surface area contributed by atoms with E-state index in [-0.39, 0.29) is 12.0 Å². The lowest BCUT2D eigenvalue weighted by atomic mass is 9.74. The van der Waals surface area contributed by atoms with Crippen LogP contribution in [0.25, 0.3) is 0 Å². The van der Waals surface area contributed by atoms with Gasteiger partial charge in [-0.25, -0.2) is 0 Å². The summed E-state index contributed by atoms with van der Waals surface area (Å²) in [6, 6.07) is -0.269. The molecule has 16 heavy (non-hydrogen) atoms. The maximum Gasteiger partial charge on any atom is 0.273 e. The van der Waals surface area contributed by atoms with Gasteiger partial charge in [0.2, 0.25) is 0 Å². The van der Waals surface area contributed by atoms with Gasteiger partial charge in [-0.2, -0.15) is 5.12 Å². The van der Waals surface area contributed by atoms with E-state index >= 15 is 0 Å². The van der Waals surface area contributed by atoms with Gasteiger partial charge in [-0.1, -0.05) is 38.3 Å². The summed E-state index contributed by atoms with van der Waals surface area (Å²) < 4.78 is 13.9. The normalized spacial score (nSPS) is 30.2. The zero-order valence-corrected chi connectivity index (χ0v) is 10.4. The van der Waals surface area contributed by atoms with Gasteiger partial charge < -0.3 is 0 Å². The summed E-state index contributed by atoms with van der Waals surface area (Å²) in [6.45, 7) is 9.65. The highest BCUT2D eigenvalue weighted by Crippen LogP contribution is 2.36. The summed E-state index contributed by atoms with van der Waals surface area (Å²) in [5.74, 6) is 0.569. The lowest BCUT2D eigenvalue weighted by Gasteiger charge is -2.39. The molecule has 0 aromatic heterocycles. The first-order chi connectivity index (χ1) is 7.47. The summed E-state index contributed by atoms with van der Waals surface area (Å²) in [7, 11) is 0. The fourth-order valence-electron chi connectivity index (χ4n) is 2.66. The number of rotatable bonds is 3. The minimum Gasteiger partial charge on any atom is -0.267 e. The molecule has 0 N–H and O–H groups in total. The van der Waals surface area contributed by atoms with Crippen LogP contribution in [0.1, 0.15) is 40.0 Å². The van der Waals surface area contributed by atoms with Crippen molar-refractivity contribution in [3.8, 4) is 0 Å². The second kappa shape index (κ2) is 5.46. The molecule has 0 heterocycles. The van der Waals surface area contributed by atoms with E-state index in [2.05, 4.69) is 27.4 Å². The summed E-state index contributed by atoms with van der Waals surface area (Å²) >= 11 is 0. The molecule has 3 unspecified atom stereocenters. The highest BCUT2D eigenvalue weighted by molar-refractivity contribution is 5.86. The van der Waals surface area contributed by atoms with Crippen molar-refractivity contribution in [1.82, 2.24) is 5.12 Å². The zero-order valence-electron chi connectivity index (χ0n) is 10.4. The topological polar surface area (TPSA) is 20.3 Å². The Morgan fingerprint density at radius 1 is 1.50 bits per heavy atom. The van der Waals surface area contributed by atoms with Crippen LogP contribution in [-0.2, 0) is 4.79 Å². The van der Waals surface area contributed by atoms with Crippen molar-refractivity contribution in [2.45, 2.75) is 46.1 Å². The molecular weight excluding hydrogens is 205 g/mol. The molecule has 1 aliphatic rings.